The number of hydrogen-bond donors (Lipinski definition) is 2. The molecule has 1 rings (SSSR count). The van der Waals surface area contributed by atoms with E-state index in [1.54, 1.807) is 7.11 Å². The van der Waals surface area contributed by atoms with Crippen molar-refractivity contribution in [2.75, 3.05) is 7.11 Å². The van der Waals surface area contributed by atoms with Gasteiger partial charge in [0.15, 0.2) is 0 Å². The van der Waals surface area contributed by atoms with Crippen molar-refractivity contribution in [1.29, 1.82) is 0 Å². The Hall–Kier alpha value is -0.610. The van der Waals surface area contributed by atoms with Gasteiger partial charge in [-0.05, 0) is 26.2 Å². The van der Waals surface area contributed by atoms with E-state index in [0.29, 0.717) is 6.10 Å². The van der Waals surface area contributed by atoms with Crippen LogP contribution in [-0.4, -0.2) is 31.2 Å². The van der Waals surface area contributed by atoms with Gasteiger partial charge in [0, 0.05) is 25.1 Å². The van der Waals surface area contributed by atoms with Crippen molar-refractivity contribution in [3.63, 3.8) is 0 Å². The summed E-state index contributed by atoms with van der Waals surface area (Å²) in [6.07, 6.45) is 3.28. The molecule has 4 nitrogen and oxygen atoms in total. The fourth-order valence-corrected chi connectivity index (χ4v) is 1.86. The minimum atomic E-state index is -0.119. The Morgan fingerprint density at radius 3 is 2.60 bits per heavy atom. The quantitative estimate of drug-likeness (QED) is 0.722. The van der Waals surface area contributed by atoms with Crippen molar-refractivity contribution in [2.45, 2.75) is 51.3 Å². The normalized spacial score (nSPS) is 29.9. The zero-order chi connectivity index (χ0) is 11.4. The lowest BCUT2D eigenvalue weighted by molar-refractivity contribution is -0.125. The Morgan fingerprint density at radius 2 is 2.13 bits per heavy atom. The fourth-order valence-electron chi connectivity index (χ4n) is 1.86. The Kier molecular flexibility index (Phi) is 4.54. The molecule has 4 atom stereocenters. The highest BCUT2D eigenvalue weighted by Crippen LogP contribution is 2.21. The first-order valence-electron chi connectivity index (χ1n) is 5.63. The molecule has 1 aliphatic carbocycles. The standard InChI is InChI=1S/C11H22N2O2/c1-7(8(2)12)11(14)13-9-4-5-10(6-9)15-3/h7-10H,4-6,12H2,1-3H3,(H,13,14). The van der Waals surface area contributed by atoms with Crippen LogP contribution in [0.15, 0.2) is 0 Å². The summed E-state index contributed by atoms with van der Waals surface area (Å²) in [5.74, 6) is -0.0571. The number of nitrogens with two attached hydrogens (primary N) is 1. The Morgan fingerprint density at radius 1 is 1.47 bits per heavy atom. The summed E-state index contributed by atoms with van der Waals surface area (Å²) in [7, 11) is 1.72. The lowest BCUT2D eigenvalue weighted by Gasteiger charge is -2.19. The van der Waals surface area contributed by atoms with Crippen molar-refractivity contribution >= 4 is 5.91 Å². The molecule has 4 heteroatoms. The van der Waals surface area contributed by atoms with Crippen LogP contribution in [0.5, 0.6) is 0 Å². The molecule has 0 heterocycles. The third-order valence-corrected chi connectivity index (χ3v) is 3.27. The maximum atomic E-state index is 11.7. The van der Waals surface area contributed by atoms with Crippen molar-refractivity contribution in [3.8, 4) is 0 Å². The van der Waals surface area contributed by atoms with Gasteiger partial charge in [0.25, 0.3) is 0 Å². The second-order valence-corrected chi connectivity index (χ2v) is 4.52. The van der Waals surface area contributed by atoms with Crippen LogP contribution in [0, 0.1) is 5.92 Å². The van der Waals surface area contributed by atoms with Gasteiger partial charge in [0.2, 0.25) is 5.91 Å². The van der Waals surface area contributed by atoms with Crippen LogP contribution in [0.2, 0.25) is 0 Å². The van der Waals surface area contributed by atoms with E-state index in [1.165, 1.54) is 0 Å². The predicted molar refractivity (Wildman–Crippen MR) is 59.4 cm³/mol. The van der Waals surface area contributed by atoms with Gasteiger partial charge in [0.1, 0.15) is 0 Å². The molecule has 15 heavy (non-hydrogen) atoms. The van der Waals surface area contributed by atoms with Crippen LogP contribution < -0.4 is 11.1 Å². The number of nitrogens with one attached hydrogen (secondary N) is 1. The fraction of sp³-hybridized carbons (Fsp3) is 0.909. The molecular weight excluding hydrogens is 192 g/mol. The Bertz CT molecular complexity index is 219. The van der Waals surface area contributed by atoms with Gasteiger partial charge in [-0.3, -0.25) is 4.79 Å². The van der Waals surface area contributed by atoms with Crippen LogP contribution in [0.4, 0.5) is 0 Å². The molecular formula is C11H22N2O2. The molecule has 1 aliphatic rings. The molecule has 0 aromatic carbocycles. The highest BCUT2D eigenvalue weighted by atomic mass is 16.5. The summed E-state index contributed by atoms with van der Waals surface area (Å²) in [5, 5.41) is 3.03. The maximum Gasteiger partial charge on any atom is 0.224 e. The van der Waals surface area contributed by atoms with Crippen LogP contribution in [0.1, 0.15) is 33.1 Å². The zero-order valence-corrected chi connectivity index (χ0v) is 9.82. The molecule has 88 valence electrons. The number of rotatable bonds is 4. The van der Waals surface area contributed by atoms with Crippen LogP contribution in [-0.2, 0) is 9.53 Å². The number of amides is 1. The second-order valence-electron chi connectivity index (χ2n) is 4.52. The van der Waals surface area contributed by atoms with E-state index in [2.05, 4.69) is 5.32 Å². The second kappa shape index (κ2) is 5.47. The van der Waals surface area contributed by atoms with E-state index in [4.69, 9.17) is 10.5 Å². The molecule has 0 aromatic rings. The summed E-state index contributed by atoms with van der Waals surface area (Å²) in [4.78, 5) is 11.7. The van der Waals surface area contributed by atoms with Gasteiger partial charge >= 0.3 is 0 Å². The number of ether oxygens (including phenoxy) is 1. The summed E-state index contributed by atoms with van der Waals surface area (Å²) >= 11 is 0. The first-order chi connectivity index (χ1) is 7.04. The number of hydrogen-bond acceptors (Lipinski definition) is 3. The van der Waals surface area contributed by atoms with Crippen molar-refractivity contribution in [3.05, 3.63) is 0 Å². The highest BCUT2D eigenvalue weighted by molar-refractivity contribution is 5.79. The van der Waals surface area contributed by atoms with E-state index in [9.17, 15) is 4.79 Å². The van der Waals surface area contributed by atoms with E-state index >= 15 is 0 Å². The molecule has 0 spiro atoms. The molecule has 1 fully saturated rings. The van der Waals surface area contributed by atoms with Gasteiger partial charge in [0.05, 0.1) is 6.10 Å². The van der Waals surface area contributed by atoms with E-state index < -0.39 is 0 Å². The van der Waals surface area contributed by atoms with Crippen molar-refractivity contribution < 1.29 is 9.53 Å². The molecule has 0 aliphatic heterocycles. The van der Waals surface area contributed by atoms with Crippen molar-refractivity contribution in [1.82, 2.24) is 5.32 Å². The van der Waals surface area contributed by atoms with Crippen LogP contribution in [0.25, 0.3) is 0 Å². The summed E-state index contributed by atoms with van der Waals surface area (Å²) in [6, 6.07) is 0.174. The monoisotopic (exact) mass is 214 g/mol. The van der Waals surface area contributed by atoms with E-state index in [1.807, 2.05) is 13.8 Å². The average Bonchev–Trinajstić information content (AvgIpc) is 2.64. The highest BCUT2D eigenvalue weighted by Gasteiger charge is 2.27. The lowest BCUT2D eigenvalue weighted by atomic mass is 10.0. The minimum Gasteiger partial charge on any atom is -0.381 e. The maximum absolute atomic E-state index is 11.7. The first kappa shape index (κ1) is 12.5. The third kappa shape index (κ3) is 3.47. The van der Waals surface area contributed by atoms with Gasteiger partial charge in [-0.15, -0.1) is 0 Å². The third-order valence-electron chi connectivity index (χ3n) is 3.27. The molecule has 0 bridgehead atoms. The summed E-state index contributed by atoms with van der Waals surface area (Å²) in [6.45, 7) is 3.72. The molecule has 1 amide bonds. The van der Waals surface area contributed by atoms with Crippen LogP contribution >= 0.6 is 0 Å². The van der Waals surface area contributed by atoms with Gasteiger partial charge in [-0.2, -0.15) is 0 Å². The molecule has 1 saturated carbocycles. The molecule has 0 saturated heterocycles. The first-order valence-corrected chi connectivity index (χ1v) is 5.63. The minimum absolute atomic E-state index is 0.0618. The summed E-state index contributed by atoms with van der Waals surface area (Å²) < 4.78 is 5.25. The number of methoxy groups -OCH3 is 1. The largest absolute Gasteiger partial charge is 0.381 e. The van der Waals surface area contributed by atoms with Crippen LogP contribution in [0.3, 0.4) is 0 Å². The van der Waals surface area contributed by atoms with Crippen molar-refractivity contribution in [2.24, 2.45) is 11.7 Å². The van der Waals surface area contributed by atoms with Gasteiger partial charge in [-0.1, -0.05) is 6.92 Å². The molecule has 0 aromatic heterocycles. The average molecular weight is 214 g/mol. The van der Waals surface area contributed by atoms with Gasteiger partial charge in [-0.25, -0.2) is 0 Å². The smallest absolute Gasteiger partial charge is 0.224 e. The molecule has 3 N–H and O–H groups in total. The molecule has 0 radical (unpaired) electrons. The lowest BCUT2D eigenvalue weighted by Crippen LogP contribution is -2.42. The van der Waals surface area contributed by atoms with E-state index in [0.717, 1.165) is 19.3 Å². The number of carbonyl (C=O) groups excluding carboxylic acids is 1. The Balaban J connectivity index is 2.33. The van der Waals surface area contributed by atoms with E-state index in [-0.39, 0.29) is 23.9 Å². The topological polar surface area (TPSA) is 64.3 Å². The zero-order valence-electron chi connectivity index (χ0n) is 9.82. The number of carbonyl (C=O) groups is 1. The Labute approximate surface area is 91.5 Å². The molecule has 4 unspecified atom stereocenters. The summed E-state index contributed by atoms with van der Waals surface area (Å²) in [5.41, 5.74) is 5.68. The predicted octanol–water partition coefficient (Wildman–Crippen LogP) is 0.653. The van der Waals surface area contributed by atoms with Gasteiger partial charge < -0.3 is 15.8 Å². The SMILES string of the molecule is COC1CCC(NC(=O)C(C)C(C)N)C1.